The van der Waals surface area contributed by atoms with Crippen molar-refractivity contribution in [2.24, 2.45) is 0 Å². The summed E-state index contributed by atoms with van der Waals surface area (Å²) < 4.78 is 0. The highest BCUT2D eigenvalue weighted by atomic mass is 35.5. The van der Waals surface area contributed by atoms with Crippen LogP contribution in [-0.2, 0) is 0 Å². The van der Waals surface area contributed by atoms with Crippen LogP contribution >= 0.6 is 35.4 Å². The predicted octanol–water partition coefficient (Wildman–Crippen LogP) is 4.42. The van der Waals surface area contributed by atoms with Gasteiger partial charge in [-0.2, -0.15) is 0 Å². The zero-order valence-electron chi connectivity index (χ0n) is 13.7. The number of hydrogen-bond acceptors (Lipinski definition) is 4. The molecule has 0 atom stereocenters. The van der Waals surface area contributed by atoms with Crippen LogP contribution in [0.4, 0.5) is 17.1 Å². The molecule has 26 heavy (non-hydrogen) atoms. The van der Waals surface area contributed by atoms with E-state index in [0.717, 1.165) is 37.6 Å². The lowest BCUT2D eigenvalue weighted by atomic mass is 10.2. The van der Waals surface area contributed by atoms with Crippen LogP contribution in [0, 0.1) is 10.1 Å². The Bertz CT molecular complexity index is 824. The fourth-order valence-corrected chi connectivity index (χ4v) is 3.31. The van der Waals surface area contributed by atoms with Crippen molar-refractivity contribution in [2.45, 2.75) is 0 Å². The van der Waals surface area contributed by atoms with Gasteiger partial charge in [-0.1, -0.05) is 23.2 Å². The SMILES string of the molecule is O=[N+]([O-])c1ccc(NC(=S)N2CCN(c3ccc(Cl)c(Cl)c3)CC2)cc1. The Hall–Kier alpha value is -2.09. The average Bonchev–Trinajstić information content (AvgIpc) is 2.64. The number of hydrogen-bond donors (Lipinski definition) is 1. The average molecular weight is 411 g/mol. The van der Waals surface area contributed by atoms with E-state index in [-0.39, 0.29) is 5.69 Å². The maximum Gasteiger partial charge on any atom is 0.269 e. The van der Waals surface area contributed by atoms with Crippen LogP contribution < -0.4 is 10.2 Å². The quantitative estimate of drug-likeness (QED) is 0.458. The molecule has 1 aliphatic rings. The number of nitrogens with one attached hydrogen (secondary N) is 1. The van der Waals surface area contributed by atoms with Gasteiger partial charge >= 0.3 is 0 Å². The number of nitrogens with zero attached hydrogens (tertiary/aromatic N) is 3. The van der Waals surface area contributed by atoms with Gasteiger partial charge in [0.1, 0.15) is 0 Å². The minimum atomic E-state index is -0.426. The van der Waals surface area contributed by atoms with E-state index in [1.54, 1.807) is 18.2 Å². The molecule has 9 heteroatoms. The molecule has 1 fully saturated rings. The van der Waals surface area contributed by atoms with Gasteiger partial charge in [-0.15, -0.1) is 0 Å². The van der Waals surface area contributed by atoms with Crippen molar-refractivity contribution in [1.29, 1.82) is 0 Å². The number of benzene rings is 2. The molecule has 0 spiro atoms. The summed E-state index contributed by atoms with van der Waals surface area (Å²) in [7, 11) is 0. The Kier molecular flexibility index (Phi) is 5.80. The zero-order chi connectivity index (χ0) is 18.7. The van der Waals surface area contributed by atoms with Gasteiger partial charge in [0, 0.05) is 49.7 Å². The predicted molar refractivity (Wildman–Crippen MR) is 110 cm³/mol. The Labute approximate surface area is 166 Å². The molecule has 2 aromatic rings. The standard InChI is InChI=1S/C17H16Cl2N4O2S/c18-15-6-5-14(11-16(15)19)21-7-9-22(10-8-21)17(26)20-12-1-3-13(4-2-12)23(24)25/h1-6,11H,7-10H2,(H,20,26). The lowest BCUT2D eigenvalue weighted by molar-refractivity contribution is -0.384. The van der Waals surface area contributed by atoms with E-state index in [2.05, 4.69) is 15.1 Å². The molecule has 1 N–H and O–H groups in total. The van der Waals surface area contributed by atoms with Crippen LogP contribution in [0.5, 0.6) is 0 Å². The summed E-state index contributed by atoms with van der Waals surface area (Å²) in [5.41, 5.74) is 1.82. The number of halogens is 2. The monoisotopic (exact) mass is 410 g/mol. The highest BCUT2D eigenvalue weighted by Crippen LogP contribution is 2.27. The first kappa shape index (κ1) is 18.7. The Morgan fingerprint density at radius 2 is 1.69 bits per heavy atom. The van der Waals surface area contributed by atoms with Crippen LogP contribution in [0.25, 0.3) is 0 Å². The zero-order valence-corrected chi connectivity index (χ0v) is 16.0. The molecule has 1 aliphatic heterocycles. The minimum absolute atomic E-state index is 0.0525. The first-order valence-corrected chi connectivity index (χ1v) is 9.11. The Morgan fingerprint density at radius 3 is 2.27 bits per heavy atom. The van der Waals surface area contributed by atoms with Gasteiger partial charge in [-0.25, -0.2) is 0 Å². The van der Waals surface area contributed by atoms with E-state index in [1.807, 2.05) is 12.1 Å². The molecule has 2 aromatic carbocycles. The minimum Gasteiger partial charge on any atom is -0.368 e. The van der Waals surface area contributed by atoms with Crippen LogP contribution in [0.15, 0.2) is 42.5 Å². The van der Waals surface area contributed by atoms with Crippen molar-refractivity contribution < 1.29 is 4.92 Å². The highest BCUT2D eigenvalue weighted by molar-refractivity contribution is 7.80. The van der Waals surface area contributed by atoms with E-state index in [1.165, 1.54) is 12.1 Å². The van der Waals surface area contributed by atoms with Gasteiger partial charge in [0.25, 0.3) is 5.69 Å². The molecule has 0 bridgehead atoms. The van der Waals surface area contributed by atoms with Crippen molar-refractivity contribution in [1.82, 2.24) is 4.90 Å². The second kappa shape index (κ2) is 8.07. The van der Waals surface area contributed by atoms with Gasteiger partial charge in [0.05, 0.1) is 15.0 Å². The number of nitro benzene ring substituents is 1. The maximum absolute atomic E-state index is 10.7. The summed E-state index contributed by atoms with van der Waals surface area (Å²) in [6.07, 6.45) is 0. The van der Waals surface area contributed by atoms with Crippen LogP contribution in [-0.4, -0.2) is 41.1 Å². The summed E-state index contributed by atoms with van der Waals surface area (Å²) in [6.45, 7) is 3.14. The Balaban J connectivity index is 1.56. The normalized spacial score (nSPS) is 14.2. The van der Waals surface area contributed by atoms with Crippen LogP contribution in [0.3, 0.4) is 0 Å². The number of non-ortho nitro benzene ring substituents is 1. The molecular formula is C17H16Cl2N4O2S. The molecule has 1 saturated heterocycles. The van der Waals surface area contributed by atoms with Gasteiger partial charge in [0.15, 0.2) is 5.11 Å². The molecular weight excluding hydrogens is 395 g/mol. The van der Waals surface area contributed by atoms with Crippen molar-refractivity contribution in [3.8, 4) is 0 Å². The first-order chi connectivity index (χ1) is 12.4. The van der Waals surface area contributed by atoms with E-state index in [9.17, 15) is 10.1 Å². The Morgan fingerprint density at radius 1 is 1.04 bits per heavy atom. The number of thiocarbonyl (C=S) groups is 1. The third-order valence-corrected chi connectivity index (χ3v) is 5.26. The molecule has 0 unspecified atom stereocenters. The first-order valence-electron chi connectivity index (χ1n) is 7.94. The summed E-state index contributed by atoms with van der Waals surface area (Å²) in [5, 5.41) is 15.5. The maximum atomic E-state index is 10.7. The molecule has 1 heterocycles. The second-order valence-corrected chi connectivity index (χ2v) is 7.01. The number of nitro groups is 1. The van der Waals surface area contributed by atoms with Gasteiger partial charge in [0.2, 0.25) is 0 Å². The van der Waals surface area contributed by atoms with Crippen LogP contribution in [0.2, 0.25) is 10.0 Å². The summed E-state index contributed by atoms with van der Waals surface area (Å²) in [4.78, 5) is 14.6. The molecule has 0 radical (unpaired) electrons. The van der Waals surface area contributed by atoms with E-state index in [4.69, 9.17) is 35.4 Å². The van der Waals surface area contributed by atoms with Crippen molar-refractivity contribution >= 4 is 57.6 Å². The third kappa shape index (κ3) is 4.35. The fourth-order valence-electron chi connectivity index (χ4n) is 2.72. The number of anilines is 2. The fraction of sp³-hybridized carbons (Fsp3) is 0.235. The topological polar surface area (TPSA) is 61.7 Å². The second-order valence-electron chi connectivity index (χ2n) is 5.81. The molecule has 136 valence electrons. The molecule has 0 saturated carbocycles. The summed E-state index contributed by atoms with van der Waals surface area (Å²) in [5.74, 6) is 0. The third-order valence-electron chi connectivity index (χ3n) is 4.16. The number of rotatable bonds is 3. The van der Waals surface area contributed by atoms with Crippen LogP contribution in [0.1, 0.15) is 0 Å². The van der Waals surface area contributed by atoms with E-state index in [0.29, 0.717) is 15.2 Å². The van der Waals surface area contributed by atoms with Crippen molar-refractivity contribution in [3.63, 3.8) is 0 Å². The summed E-state index contributed by atoms with van der Waals surface area (Å²) >= 11 is 17.5. The van der Waals surface area contributed by atoms with Crippen molar-refractivity contribution in [3.05, 3.63) is 62.6 Å². The molecule has 6 nitrogen and oxygen atoms in total. The lowest BCUT2D eigenvalue weighted by Gasteiger charge is -2.37. The molecule has 0 amide bonds. The van der Waals surface area contributed by atoms with E-state index < -0.39 is 4.92 Å². The molecule has 0 aromatic heterocycles. The molecule has 3 rings (SSSR count). The number of piperazine rings is 1. The van der Waals surface area contributed by atoms with Gasteiger partial charge in [-0.3, -0.25) is 10.1 Å². The van der Waals surface area contributed by atoms with E-state index >= 15 is 0 Å². The lowest BCUT2D eigenvalue weighted by Crippen LogP contribution is -2.50. The van der Waals surface area contributed by atoms with Gasteiger partial charge in [-0.05, 0) is 42.5 Å². The molecule has 0 aliphatic carbocycles. The largest absolute Gasteiger partial charge is 0.368 e. The van der Waals surface area contributed by atoms with Gasteiger partial charge < -0.3 is 15.1 Å². The smallest absolute Gasteiger partial charge is 0.269 e. The van der Waals surface area contributed by atoms with Crippen molar-refractivity contribution in [2.75, 3.05) is 36.4 Å². The highest BCUT2D eigenvalue weighted by Gasteiger charge is 2.20. The summed E-state index contributed by atoms with van der Waals surface area (Å²) in [6, 6.07) is 11.8.